The summed E-state index contributed by atoms with van der Waals surface area (Å²) in [6.45, 7) is 8.08. The number of allylic oxidation sites excluding steroid dienone is 2. The van der Waals surface area contributed by atoms with E-state index in [0.29, 0.717) is 6.42 Å². The van der Waals surface area contributed by atoms with Gasteiger partial charge in [0.2, 0.25) is 0 Å². The van der Waals surface area contributed by atoms with Crippen molar-refractivity contribution in [2.75, 3.05) is 0 Å². The molecule has 0 heterocycles. The monoisotopic (exact) mass is 280 g/mol. The first-order valence-corrected chi connectivity index (χ1v) is 7.95. The maximum absolute atomic E-state index is 12.2. The molecule has 0 unspecified atom stereocenters. The fraction of sp³-hybridized carbons (Fsp3) is 0.350. The van der Waals surface area contributed by atoms with Crippen LogP contribution in [0.2, 0.25) is 0 Å². The zero-order chi connectivity index (χ0) is 15.4. The average molecular weight is 280 g/mol. The van der Waals surface area contributed by atoms with Gasteiger partial charge in [-0.3, -0.25) is 4.79 Å². The van der Waals surface area contributed by atoms with E-state index in [1.165, 1.54) is 29.4 Å². The minimum atomic E-state index is 0.237. The van der Waals surface area contributed by atoms with Gasteiger partial charge in [-0.1, -0.05) is 50.6 Å². The number of fused-ring (bicyclic) bond motifs is 1. The van der Waals surface area contributed by atoms with E-state index >= 15 is 0 Å². The first kappa shape index (κ1) is 15.5. The second-order valence-corrected chi connectivity index (χ2v) is 5.25. The summed E-state index contributed by atoms with van der Waals surface area (Å²) >= 11 is 0. The second-order valence-electron chi connectivity index (χ2n) is 5.25. The number of ketones is 1. The number of rotatable bonds is 3. The average Bonchev–Trinajstić information content (AvgIpc) is 3.39. The molecular weight excluding hydrogens is 256 g/mol. The van der Waals surface area contributed by atoms with Crippen LogP contribution in [-0.4, -0.2) is 5.78 Å². The van der Waals surface area contributed by atoms with Gasteiger partial charge in [-0.05, 0) is 53.8 Å². The Labute approximate surface area is 127 Å². The van der Waals surface area contributed by atoms with Crippen LogP contribution < -0.4 is 0 Å². The van der Waals surface area contributed by atoms with Crippen LogP contribution in [0, 0.1) is 0 Å². The van der Waals surface area contributed by atoms with Crippen molar-refractivity contribution < 1.29 is 4.79 Å². The van der Waals surface area contributed by atoms with E-state index in [4.69, 9.17) is 0 Å². The van der Waals surface area contributed by atoms with E-state index in [1.807, 2.05) is 32.9 Å². The van der Waals surface area contributed by atoms with Gasteiger partial charge in [0.25, 0.3) is 0 Å². The van der Waals surface area contributed by atoms with Crippen molar-refractivity contribution in [1.82, 2.24) is 0 Å². The summed E-state index contributed by atoms with van der Waals surface area (Å²) in [6.07, 6.45) is 2.95. The molecule has 1 nitrogen and oxygen atoms in total. The van der Waals surface area contributed by atoms with Crippen molar-refractivity contribution in [3.8, 4) is 0 Å². The van der Waals surface area contributed by atoms with E-state index < -0.39 is 0 Å². The Morgan fingerprint density at radius 2 is 1.52 bits per heavy atom. The molecular formula is C20H24O. The molecule has 2 aromatic carbocycles. The number of carbonyl (C=O) groups is 1. The van der Waals surface area contributed by atoms with Crippen LogP contribution in [0.15, 0.2) is 42.0 Å². The number of Topliss-reactive ketones (excluding diaryl/α,β-unsaturated/α-hetero) is 1. The van der Waals surface area contributed by atoms with E-state index in [1.54, 1.807) is 0 Å². The van der Waals surface area contributed by atoms with Gasteiger partial charge >= 0.3 is 0 Å². The van der Waals surface area contributed by atoms with Crippen LogP contribution in [0.5, 0.6) is 0 Å². The summed E-state index contributed by atoms with van der Waals surface area (Å²) in [6, 6.07) is 12.5. The fourth-order valence-corrected chi connectivity index (χ4v) is 2.60. The Bertz CT molecular complexity index is 686. The lowest BCUT2D eigenvalue weighted by Crippen LogP contribution is -2.01. The number of carbonyl (C=O) groups excluding carboxylic acids is 1. The van der Waals surface area contributed by atoms with Crippen molar-refractivity contribution in [2.45, 2.75) is 47.0 Å². The molecule has 3 rings (SSSR count). The first-order chi connectivity index (χ1) is 10.2. The second kappa shape index (κ2) is 6.71. The highest BCUT2D eigenvalue weighted by atomic mass is 16.1. The van der Waals surface area contributed by atoms with Crippen LogP contribution >= 0.6 is 0 Å². The highest BCUT2D eigenvalue weighted by Gasteiger charge is 2.19. The van der Waals surface area contributed by atoms with Crippen LogP contribution in [0.3, 0.4) is 0 Å². The summed E-state index contributed by atoms with van der Waals surface area (Å²) in [5, 5.41) is 2.36. The molecule has 1 aliphatic rings. The van der Waals surface area contributed by atoms with Gasteiger partial charge < -0.3 is 0 Å². The Morgan fingerprint density at radius 3 is 2.00 bits per heavy atom. The molecule has 1 aliphatic carbocycles. The summed E-state index contributed by atoms with van der Waals surface area (Å²) < 4.78 is 0. The topological polar surface area (TPSA) is 17.1 Å². The predicted molar refractivity (Wildman–Crippen MR) is 91.7 cm³/mol. The van der Waals surface area contributed by atoms with Crippen molar-refractivity contribution in [2.24, 2.45) is 0 Å². The number of benzene rings is 2. The zero-order valence-electron chi connectivity index (χ0n) is 13.5. The van der Waals surface area contributed by atoms with Gasteiger partial charge in [0.1, 0.15) is 0 Å². The third-order valence-electron chi connectivity index (χ3n) is 3.94. The Balaban J connectivity index is 0.000000774. The first-order valence-electron chi connectivity index (χ1n) is 7.95. The van der Waals surface area contributed by atoms with Crippen molar-refractivity contribution >= 4 is 22.1 Å². The lowest BCUT2D eigenvalue weighted by Gasteiger charge is -2.11. The molecule has 0 aromatic heterocycles. The Morgan fingerprint density at radius 1 is 1.00 bits per heavy atom. The molecule has 0 spiro atoms. The minimum absolute atomic E-state index is 0.237. The molecule has 2 aromatic rings. The third-order valence-corrected chi connectivity index (χ3v) is 3.94. The number of hydrogen-bond acceptors (Lipinski definition) is 1. The van der Waals surface area contributed by atoms with Gasteiger partial charge in [0.15, 0.2) is 5.78 Å². The molecule has 0 atom stereocenters. The van der Waals surface area contributed by atoms with Crippen LogP contribution in [0.1, 0.15) is 62.9 Å². The summed E-state index contributed by atoms with van der Waals surface area (Å²) in [4.78, 5) is 12.2. The maximum Gasteiger partial charge on any atom is 0.163 e. The highest BCUT2D eigenvalue weighted by molar-refractivity contribution is 6.05. The fourth-order valence-electron chi connectivity index (χ4n) is 2.60. The normalized spacial score (nSPS) is 12.7. The lowest BCUT2D eigenvalue weighted by molar-refractivity contribution is 0.0988. The molecule has 0 bridgehead atoms. The van der Waals surface area contributed by atoms with Gasteiger partial charge in [-0.15, -0.1) is 0 Å². The SMILES string of the molecule is CC.CCC(=O)c1cc2ccccc2cc1C(C)=C1CC1. The van der Waals surface area contributed by atoms with Gasteiger partial charge in [0, 0.05) is 12.0 Å². The summed E-state index contributed by atoms with van der Waals surface area (Å²) in [5.74, 6) is 0.237. The molecule has 0 saturated heterocycles. The highest BCUT2D eigenvalue weighted by Crippen LogP contribution is 2.38. The van der Waals surface area contributed by atoms with Gasteiger partial charge in [0.05, 0.1) is 0 Å². The molecule has 0 radical (unpaired) electrons. The van der Waals surface area contributed by atoms with Crippen molar-refractivity contribution in [3.05, 3.63) is 53.1 Å². The van der Waals surface area contributed by atoms with E-state index in [0.717, 1.165) is 16.5 Å². The lowest BCUT2D eigenvalue weighted by atomic mass is 9.92. The van der Waals surface area contributed by atoms with Crippen LogP contribution in [0.4, 0.5) is 0 Å². The summed E-state index contributed by atoms with van der Waals surface area (Å²) in [7, 11) is 0. The summed E-state index contributed by atoms with van der Waals surface area (Å²) in [5.41, 5.74) is 4.83. The zero-order valence-corrected chi connectivity index (χ0v) is 13.5. The molecule has 1 heteroatoms. The van der Waals surface area contributed by atoms with Crippen LogP contribution in [-0.2, 0) is 0 Å². The third kappa shape index (κ3) is 3.24. The predicted octanol–water partition coefficient (Wildman–Crippen LogP) is 6.03. The number of hydrogen-bond donors (Lipinski definition) is 0. The molecule has 1 fully saturated rings. The van der Waals surface area contributed by atoms with Crippen molar-refractivity contribution in [1.29, 1.82) is 0 Å². The molecule has 1 saturated carbocycles. The Kier molecular flexibility index (Phi) is 4.95. The molecule has 0 aliphatic heterocycles. The van der Waals surface area contributed by atoms with E-state index in [-0.39, 0.29) is 5.78 Å². The smallest absolute Gasteiger partial charge is 0.163 e. The van der Waals surface area contributed by atoms with Crippen molar-refractivity contribution in [3.63, 3.8) is 0 Å². The quantitative estimate of drug-likeness (QED) is 0.628. The largest absolute Gasteiger partial charge is 0.294 e. The molecule has 21 heavy (non-hydrogen) atoms. The van der Waals surface area contributed by atoms with Crippen LogP contribution in [0.25, 0.3) is 16.3 Å². The van der Waals surface area contributed by atoms with Gasteiger partial charge in [-0.2, -0.15) is 0 Å². The maximum atomic E-state index is 12.2. The molecule has 0 amide bonds. The molecule has 110 valence electrons. The minimum Gasteiger partial charge on any atom is -0.294 e. The van der Waals surface area contributed by atoms with Gasteiger partial charge in [-0.25, -0.2) is 0 Å². The van der Waals surface area contributed by atoms with E-state index in [9.17, 15) is 4.79 Å². The van der Waals surface area contributed by atoms with E-state index in [2.05, 4.69) is 31.2 Å². The Hall–Kier alpha value is -1.89. The molecule has 0 N–H and O–H groups in total. The standard InChI is InChI=1S/C18H18O.C2H6/c1-3-18(19)17-11-15-7-5-4-6-14(15)10-16(17)12(2)13-8-9-13;1-2/h4-7,10-11H,3,8-9H2,1-2H3;1-2H3.